The fourth-order valence-electron chi connectivity index (χ4n) is 1.83. The fourth-order valence-corrected chi connectivity index (χ4v) is 2.44. The Hall–Kier alpha value is -1.52. The Morgan fingerprint density at radius 1 is 1.30 bits per heavy atom. The summed E-state index contributed by atoms with van der Waals surface area (Å²) in [7, 11) is 1.76. The van der Waals surface area contributed by atoms with Crippen LogP contribution in [-0.4, -0.2) is 29.1 Å². The van der Waals surface area contributed by atoms with Gasteiger partial charge in [-0.05, 0) is 36.1 Å². The second-order valence-electron chi connectivity index (χ2n) is 4.35. The van der Waals surface area contributed by atoms with Crippen molar-refractivity contribution in [3.63, 3.8) is 0 Å². The fraction of sp³-hybridized carbons (Fsp3) is 0.200. The van der Waals surface area contributed by atoms with Gasteiger partial charge in [0.25, 0.3) is 5.91 Å². The molecular formula is C15H15ClN2OS. The molecule has 1 aromatic heterocycles. The van der Waals surface area contributed by atoms with E-state index in [4.69, 9.17) is 11.6 Å². The van der Waals surface area contributed by atoms with Crippen molar-refractivity contribution in [2.75, 3.05) is 13.3 Å². The minimum atomic E-state index is -0.128. The predicted octanol–water partition coefficient (Wildman–Crippen LogP) is 3.73. The Bertz CT molecular complexity index is 601. The highest BCUT2D eigenvalue weighted by Gasteiger charge is 2.15. The molecule has 0 unspecified atom stereocenters. The summed E-state index contributed by atoms with van der Waals surface area (Å²) in [6, 6.07) is 11.6. The van der Waals surface area contributed by atoms with Crippen molar-refractivity contribution in [2.45, 2.75) is 11.4 Å². The van der Waals surface area contributed by atoms with Crippen molar-refractivity contribution in [3.05, 3.63) is 58.9 Å². The van der Waals surface area contributed by atoms with Crippen LogP contribution in [0.4, 0.5) is 0 Å². The average molecular weight is 307 g/mol. The maximum absolute atomic E-state index is 12.3. The van der Waals surface area contributed by atoms with E-state index in [1.165, 1.54) is 4.90 Å². The van der Waals surface area contributed by atoms with Gasteiger partial charge in [0.05, 0.1) is 5.56 Å². The molecule has 0 aliphatic carbocycles. The van der Waals surface area contributed by atoms with Gasteiger partial charge < -0.3 is 4.90 Å². The minimum Gasteiger partial charge on any atom is -0.337 e. The zero-order valence-electron chi connectivity index (χ0n) is 11.3. The zero-order valence-corrected chi connectivity index (χ0v) is 12.9. The first kappa shape index (κ1) is 14.9. The van der Waals surface area contributed by atoms with E-state index in [9.17, 15) is 4.79 Å². The summed E-state index contributed by atoms with van der Waals surface area (Å²) >= 11 is 7.64. The van der Waals surface area contributed by atoms with E-state index in [0.717, 1.165) is 5.56 Å². The van der Waals surface area contributed by atoms with Crippen molar-refractivity contribution in [1.29, 1.82) is 0 Å². The lowest BCUT2D eigenvalue weighted by Crippen LogP contribution is -2.26. The van der Waals surface area contributed by atoms with Crippen LogP contribution in [0.2, 0.25) is 5.15 Å². The number of amides is 1. The lowest BCUT2D eigenvalue weighted by Gasteiger charge is -2.17. The van der Waals surface area contributed by atoms with Crippen LogP contribution < -0.4 is 0 Å². The average Bonchev–Trinajstić information content (AvgIpc) is 2.48. The number of benzene rings is 1. The first-order chi connectivity index (χ1) is 9.61. The quantitative estimate of drug-likeness (QED) is 0.637. The second kappa shape index (κ2) is 6.77. The maximum atomic E-state index is 12.3. The highest BCUT2D eigenvalue weighted by atomic mass is 35.5. The molecule has 0 aliphatic rings. The first-order valence-electron chi connectivity index (χ1n) is 6.10. The number of carbonyl (C=O) groups is 1. The molecule has 0 saturated heterocycles. The van der Waals surface area contributed by atoms with Crippen molar-refractivity contribution < 1.29 is 4.79 Å². The van der Waals surface area contributed by atoms with Crippen molar-refractivity contribution in [2.24, 2.45) is 0 Å². The van der Waals surface area contributed by atoms with E-state index >= 15 is 0 Å². The molecule has 0 N–H and O–H groups in total. The van der Waals surface area contributed by atoms with E-state index in [2.05, 4.69) is 17.1 Å². The van der Waals surface area contributed by atoms with Crippen LogP contribution in [0.3, 0.4) is 0 Å². The number of carbonyl (C=O) groups excluding carboxylic acids is 1. The number of aromatic nitrogens is 1. The van der Waals surface area contributed by atoms with Gasteiger partial charge in [0.15, 0.2) is 0 Å². The molecule has 104 valence electrons. The molecule has 0 spiro atoms. The summed E-state index contributed by atoms with van der Waals surface area (Å²) in [6.07, 6.45) is 3.61. The summed E-state index contributed by atoms with van der Waals surface area (Å²) in [6.45, 7) is 0.540. The van der Waals surface area contributed by atoms with E-state index in [1.807, 2.05) is 18.4 Å². The smallest absolute Gasteiger partial charge is 0.257 e. The van der Waals surface area contributed by atoms with Crippen LogP contribution in [0.25, 0.3) is 0 Å². The number of halogens is 1. The molecule has 2 rings (SSSR count). The van der Waals surface area contributed by atoms with E-state index in [0.29, 0.717) is 12.1 Å². The van der Waals surface area contributed by atoms with Crippen LogP contribution in [0, 0.1) is 0 Å². The molecule has 0 fully saturated rings. The molecule has 1 heterocycles. The Kier molecular flexibility index (Phi) is 5.04. The summed E-state index contributed by atoms with van der Waals surface area (Å²) < 4.78 is 0. The molecular weight excluding hydrogens is 292 g/mol. The summed E-state index contributed by atoms with van der Waals surface area (Å²) in [5.74, 6) is -0.128. The molecule has 1 amide bonds. The van der Waals surface area contributed by atoms with Gasteiger partial charge in [0, 0.05) is 24.7 Å². The number of thioether (sulfide) groups is 1. The standard InChI is InChI=1S/C15H15ClN2OS/c1-18(10-11-5-7-12(20-2)8-6-11)15(19)13-4-3-9-17-14(13)16/h3-9H,10H2,1-2H3. The van der Waals surface area contributed by atoms with Crippen molar-refractivity contribution in [1.82, 2.24) is 9.88 Å². The van der Waals surface area contributed by atoms with Crippen LogP contribution >= 0.6 is 23.4 Å². The van der Waals surface area contributed by atoms with E-state index < -0.39 is 0 Å². The Labute approximate surface area is 128 Å². The third-order valence-electron chi connectivity index (χ3n) is 2.91. The second-order valence-corrected chi connectivity index (χ2v) is 5.59. The van der Waals surface area contributed by atoms with Gasteiger partial charge in [-0.1, -0.05) is 23.7 Å². The molecule has 0 aliphatic heterocycles. The molecule has 3 nitrogen and oxygen atoms in total. The lowest BCUT2D eigenvalue weighted by molar-refractivity contribution is 0.0785. The highest BCUT2D eigenvalue weighted by molar-refractivity contribution is 7.98. The van der Waals surface area contributed by atoms with Gasteiger partial charge in [-0.25, -0.2) is 4.98 Å². The van der Waals surface area contributed by atoms with Crippen molar-refractivity contribution >= 4 is 29.3 Å². The molecule has 2 aromatic rings. The molecule has 0 bridgehead atoms. The van der Waals surface area contributed by atoms with Crippen LogP contribution in [-0.2, 0) is 6.54 Å². The molecule has 1 aromatic carbocycles. The van der Waals surface area contributed by atoms with E-state index in [1.54, 1.807) is 42.0 Å². The van der Waals surface area contributed by atoms with E-state index in [-0.39, 0.29) is 11.1 Å². The maximum Gasteiger partial charge on any atom is 0.257 e. The molecule has 5 heteroatoms. The normalized spacial score (nSPS) is 10.3. The number of nitrogens with zero attached hydrogens (tertiary/aromatic N) is 2. The van der Waals surface area contributed by atoms with Gasteiger partial charge in [-0.15, -0.1) is 11.8 Å². The van der Waals surface area contributed by atoms with Crippen LogP contribution in [0.1, 0.15) is 15.9 Å². The molecule has 20 heavy (non-hydrogen) atoms. The topological polar surface area (TPSA) is 33.2 Å². The molecule has 0 saturated carbocycles. The summed E-state index contributed by atoms with van der Waals surface area (Å²) in [4.78, 5) is 19.1. The first-order valence-corrected chi connectivity index (χ1v) is 7.71. The third kappa shape index (κ3) is 3.52. The summed E-state index contributed by atoms with van der Waals surface area (Å²) in [5, 5.41) is 0.238. The molecule has 0 atom stereocenters. The van der Waals surface area contributed by atoms with Gasteiger partial charge in [0.1, 0.15) is 5.15 Å². The van der Waals surface area contributed by atoms with Crippen LogP contribution in [0.15, 0.2) is 47.5 Å². The predicted molar refractivity (Wildman–Crippen MR) is 83.3 cm³/mol. The van der Waals surface area contributed by atoms with Crippen LogP contribution in [0.5, 0.6) is 0 Å². The zero-order chi connectivity index (χ0) is 14.5. The van der Waals surface area contributed by atoms with Crippen molar-refractivity contribution in [3.8, 4) is 0 Å². The Morgan fingerprint density at radius 2 is 2.00 bits per heavy atom. The number of hydrogen-bond donors (Lipinski definition) is 0. The Morgan fingerprint density at radius 3 is 2.60 bits per heavy atom. The van der Waals surface area contributed by atoms with Gasteiger partial charge in [0.2, 0.25) is 0 Å². The lowest BCUT2D eigenvalue weighted by atomic mass is 10.2. The molecule has 0 radical (unpaired) electrons. The third-order valence-corrected chi connectivity index (χ3v) is 3.96. The summed E-state index contributed by atoms with van der Waals surface area (Å²) in [5.41, 5.74) is 1.51. The number of hydrogen-bond acceptors (Lipinski definition) is 3. The monoisotopic (exact) mass is 306 g/mol. The number of pyridine rings is 1. The SMILES string of the molecule is CSc1ccc(CN(C)C(=O)c2cccnc2Cl)cc1. The minimum absolute atomic E-state index is 0.128. The largest absolute Gasteiger partial charge is 0.337 e. The Balaban J connectivity index is 2.09. The van der Waals surface area contributed by atoms with Gasteiger partial charge >= 0.3 is 0 Å². The highest BCUT2D eigenvalue weighted by Crippen LogP contribution is 2.17. The van der Waals surface area contributed by atoms with Gasteiger partial charge in [-0.3, -0.25) is 4.79 Å². The number of rotatable bonds is 4. The van der Waals surface area contributed by atoms with Gasteiger partial charge in [-0.2, -0.15) is 0 Å².